The molecule has 4 heteroatoms. The molecule has 1 heterocycles. The summed E-state index contributed by atoms with van der Waals surface area (Å²) in [5.41, 5.74) is 0.557. The molecule has 0 aromatic heterocycles. The normalized spacial score (nSPS) is 20.8. The zero-order chi connectivity index (χ0) is 14.9. The van der Waals surface area contributed by atoms with Crippen molar-refractivity contribution in [3.05, 3.63) is 71.3 Å². The van der Waals surface area contributed by atoms with Crippen LogP contribution in [0.15, 0.2) is 54.6 Å². The van der Waals surface area contributed by atoms with Gasteiger partial charge >= 0.3 is 5.97 Å². The zero-order valence-corrected chi connectivity index (χ0v) is 12.8. The molecule has 0 radical (unpaired) electrons. The molecular weight excluding hydrogens is 332 g/mol. The van der Waals surface area contributed by atoms with E-state index in [1.165, 1.54) is 0 Å². The van der Waals surface area contributed by atoms with E-state index in [0.717, 1.165) is 5.56 Å². The first-order valence-electron chi connectivity index (χ1n) is 6.63. The number of cyclic esters (lactones) is 1. The van der Waals surface area contributed by atoms with Crippen LogP contribution in [0.25, 0.3) is 0 Å². The van der Waals surface area contributed by atoms with Crippen molar-refractivity contribution < 1.29 is 14.3 Å². The van der Waals surface area contributed by atoms with E-state index in [1.807, 2.05) is 30.3 Å². The summed E-state index contributed by atoms with van der Waals surface area (Å²) in [5, 5.41) is 0.272. The van der Waals surface area contributed by atoms with Crippen LogP contribution in [-0.2, 0) is 11.2 Å². The summed E-state index contributed by atoms with van der Waals surface area (Å²) in [6, 6.07) is 16.4. The van der Waals surface area contributed by atoms with E-state index in [1.54, 1.807) is 24.3 Å². The van der Waals surface area contributed by atoms with Gasteiger partial charge in [-0.05, 0) is 11.6 Å². The molecule has 0 saturated carbocycles. The van der Waals surface area contributed by atoms with Crippen LogP contribution in [0, 0.1) is 0 Å². The van der Waals surface area contributed by atoms with Gasteiger partial charge in [-0.25, -0.2) is 4.79 Å². The van der Waals surface area contributed by atoms with Gasteiger partial charge < -0.3 is 4.74 Å². The fraction of sp³-hybridized carbons (Fsp3) is 0.176. The molecule has 1 unspecified atom stereocenters. The van der Waals surface area contributed by atoms with Crippen LogP contribution in [0.2, 0.25) is 0 Å². The second-order valence-electron chi connectivity index (χ2n) is 5.05. The number of ether oxygens (including phenoxy) is 1. The molecule has 3 nitrogen and oxygen atoms in total. The lowest BCUT2D eigenvalue weighted by Gasteiger charge is -2.34. The number of hydrogen-bond acceptors (Lipinski definition) is 3. The van der Waals surface area contributed by atoms with Gasteiger partial charge in [-0.15, -0.1) is 0 Å². The number of benzene rings is 2. The summed E-state index contributed by atoms with van der Waals surface area (Å²) in [7, 11) is 0. The number of alkyl halides is 1. The maximum Gasteiger partial charge on any atom is 0.339 e. The molecule has 0 fully saturated rings. The molecule has 106 valence electrons. The Morgan fingerprint density at radius 1 is 0.905 bits per heavy atom. The third kappa shape index (κ3) is 2.40. The van der Waals surface area contributed by atoms with Crippen molar-refractivity contribution in [1.29, 1.82) is 0 Å². The van der Waals surface area contributed by atoms with E-state index in [4.69, 9.17) is 4.74 Å². The van der Waals surface area contributed by atoms with Gasteiger partial charge in [0.1, 0.15) is 0 Å². The fourth-order valence-corrected chi connectivity index (χ4v) is 3.13. The number of carbonyl (C=O) groups excluding carboxylic acids is 2. The molecule has 0 aliphatic carbocycles. The monoisotopic (exact) mass is 344 g/mol. The van der Waals surface area contributed by atoms with Gasteiger partial charge in [-0.1, -0.05) is 64.5 Å². The number of esters is 1. The van der Waals surface area contributed by atoms with Crippen LogP contribution in [0.1, 0.15) is 26.3 Å². The Labute approximate surface area is 131 Å². The molecule has 2 aromatic rings. The molecule has 2 aromatic carbocycles. The number of hydrogen-bond donors (Lipinski definition) is 0. The minimum Gasteiger partial charge on any atom is -0.446 e. The van der Waals surface area contributed by atoms with Gasteiger partial charge in [0, 0.05) is 12.0 Å². The molecule has 1 aliphatic heterocycles. The van der Waals surface area contributed by atoms with Gasteiger partial charge in [0.15, 0.2) is 5.60 Å². The topological polar surface area (TPSA) is 43.4 Å². The van der Waals surface area contributed by atoms with E-state index in [0.29, 0.717) is 17.5 Å². The van der Waals surface area contributed by atoms with E-state index >= 15 is 0 Å². The molecule has 0 bridgehead atoms. The molecule has 0 N–H and O–H groups in total. The highest BCUT2D eigenvalue weighted by Crippen LogP contribution is 2.32. The van der Waals surface area contributed by atoms with Crippen LogP contribution >= 0.6 is 15.9 Å². The van der Waals surface area contributed by atoms with Gasteiger partial charge in [-0.2, -0.15) is 0 Å². The maximum atomic E-state index is 12.8. The summed E-state index contributed by atoms with van der Waals surface area (Å²) in [4.78, 5) is 25.0. The Kier molecular flexibility index (Phi) is 3.64. The predicted molar refractivity (Wildman–Crippen MR) is 82.9 cm³/mol. The first-order chi connectivity index (χ1) is 10.2. The molecule has 0 spiro atoms. The molecule has 3 rings (SSSR count). The van der Waals surface area contributed by atoms with E-state index in [-0.39, 0.29) is 11.1 Å². The Balaban J connectivity index is 2.04. The number of ketones is 1. The summed E-state index contributed by atoms with van der Waals surface area (Å²) >= 11 is 3.35. The quantitative estimate of drug-likeness (QED) is 0.632. The Bertz CT molecular complexity index is 696. The van der Waals surface area contributed by atoms with Crippen molar-refractivity contribution in [1.82, 2.24) is 0 Å². The van der Waals surface area contributed by atoms with E-state index in [2.05, 4.69) is 15.9 Å². The van der Waals surface area contributed by atoms with Crippen molar-refractivity contribution >= 4 is 27.7 Å². The van der Waals surface area contributed by atoms with Gasteiger partial charge in [0.25, 0.3) is 0 Å². The first-order valence-corrected chi connectivity index (χ1v) is 7.75. The Morgan fingerprint density at radius 2 is 1.52 bits per heavy atom. The highest BCUT2D eigenvalue weighted by molar-refractivity contribution is 9.09. The molecule has 0 saturated heterocycles. The average molecular weight is 345 g/mol. The first kappa shape index (κ1) is 14.0. The summed E-state index contributed by atoms with van der Waals surface area (Å²) in [6.07, 6.45) is 0.359. The molecule has 0 amide bonds. The summed E-state index contributed by atoms with van der Waals surface area (Å²) in [6.45, 7) is 0. The minimum atomic E-state index is -1.17. The number of rotatable bonds is 3. The third-order valence-electron chi connectivity index (χ3n) is 3.64. The maximum absolute atomic E-state index is 12.8. The lowest BCUT2D eigenvalue weighted by Crippen LogP contribution is -2.50. The molecule has 1 aliphatic rings. The van der Waals surface area contributed by atoms with E-state index in [9.17, 15) is 9.59 Å². The van der Waals surface area contributed by atoms with Crippen molar-refractivity contribution in [3.8, 4) is 0 Å². The van der Waals surface area contributed by atoms with Crippen LogP contribution in [0.5, 0.6) is 0 Å². The molecule has 21 heavy (non-hydrogen) atoms. The zero-order valence-electron chi connectivity index (χ0n) is 11.2. The van der Waals surface area contributed by atoms with Crippen LogP contribution in [0.4, 0.5) is 0 Å². The third-order valence-corrected chi connectivity index (χ3v) is 4.55. The smallest absolute Gasteiger partial charge is 0.339 e. The second kappa shape index (κ2) is 5.45. The van der Waals surface area contributed by atoms with Crippen LogP contribution < -0.4 is 0 Å². The highest BCUT2D eigenvalue weighted by Gasteiger charge is 2.47. The predicted octanol–water partition coefficient (Wildman–Crippen LogP) is 3.42. The average Bonchev–Trinajstić information content (AvgIpc) is 2.53. The summed E-state index contributed by atoms with van der Waals surface area (Å²) in [5.74, 6) is -0.598. The number of fused-ring (bicyclic) bond motifs is 1. The van der Waals surface area contributed by atoms with Crippen molar-refractivity contribution in [3.63, 3.8) is 0 Å². The summed E-state index contributed by atoms with van der Waals surface area (Å²) < 4.78 is 5.53. The number of Topliss-reactive ketones (excluding diaryl/α,β-unsaturated/α-hetero) is 1. The second-order valence-corrected chi connectivity index (χ2v) is 5.62. The Hall–Kier alpha value is -1.94. The van der Waals surface area contributed by atoms with Gasteiger partial charge in [0.05, 0.1) is 10.9 Å². The van der Waals surface area contributed by atoms with Crippen LogP contribution in [0.3, 0.4) is 0 Å². The number of halogens is 1. The minimum absolute atomic E-state index is 0.154. The lowest BCUT2D eigenvalue weighted by molar-refractivity contribution is -0.00462. The van der Waals surface area contributed by atoms with Gasteiger partial charge in [0.2, 0.25) is 5.78 Å². The highest BCUT2D eigenvalue weighted by atomic mass is 79.9. The number of carbonyl (C=O) groups is 2. The standard InChI is InChI=1S/C17H13BrO3/c18-11-17(10-12-6-2-1-3-7-12)15(19)13-8-4-5-9-14(13)16(20)21-17/h1-9H,10-11H2. The van der Waals surface area contributed by atoms with Crippen molar-refractivity contribution in [2.75, 3.05) is 5.33 Å². The van der Waals surface area contributed by atoms with Gasteiger partial charge in [-0.3, -0.25) is 4.79 Å². The SMILES string of the molecule is O=C1OC(CBr)(Cc2ccccc2)C(=O)c2ccccc21. The molecule has 1 atom stereocenters. The van der Waals surface area contributed by atoms with E-state index < -0.39 is 11.6 Å². The lowest BCUT2D eigenvalue weighted by atomic mass is 9.84. The van der Waals surface area contributed by atoms with Crippen molar-refractivity contribution in [2.45, 2.75) is 12.0 Å². The van der Waals surface area contributed by atoms with Crippen LogP contribution in [-0.4, -0.2) is 22.7 Å². The largest absolute Gasteiger partial charge is 0.446 e. The van der Waals surface area contributed by atoms with Crippen molar-refractivity contribution in [2.24, 2.45) is 0 Å². The Morgan fingerprint density at radius 3 is 2.19 bits per heavy atom. The fourth-order valence-electron chi connectivity index (χ4n) is 2.56. The molecular formula is C17H13BrO3.